The molecule has 0 heterocycles. The molecule has 0 aliphatic carbocycles. The van der Waals surface area contributed by atoms with Crippen molar-refractivity contribution in [3.8, 4) is 0 Å². The van der Waals surface area contributed by atoms with Crippen LogP contribution < -0.4 is 10.6 Å². The molecule has 1 aromatic rings. The van der Waals surface area contributed by atoms with Crippen molar-refractivity contribution >= 4 is 11.6 Å². The van der Waals surface area contributed by atoms with Crippen LogP contribution in [0.25, 0.3) is 0 Å². The molecule has 3 heteroatoms. The van der Waals surface area contributed by atoms with Gasteiger partial charge in [0.05, 0.1) is 5.56 Å². The van der Waals surface area contributed by atoms with Crippen molar-refractivity contribution in [3.63, 3.8) is 0 Å². The summed E-state index contributed by atoms with van der Waals surface area (Å²) >= 11 is 0. The zero-order valence-corrected chi connectivity index (χ0v) is 10.9. The molecular formula is C14H22N2O. The number of nitrogens with one attached hydrogen (secondary N) is 2. The summed E-state index contributed by atoms with van der Waals surface area (Å²) in [6.45, 7) is 7.87. The summed E-state index contributed by atoms with van der Waals surface area (Å²) in [6.07, 6.45) is 1.01. The Bertz CT molecular complexity index is 361. The van der Waals surface area contributed by atoms with Crippen LogP contribution in [0, 0.1) is 5.92 Å². The number of carbonyl (C=O) groups excluding carboxylic acids is 1. The van der Waals surface area contributed by atoms with Gasteiger partial charge in [-0.1, -0.05) is 26.0 Å². The van der Waals surface area contributed by atoms with Gasteiger partial charge in [-0.3, -0.25) is 4.79 Å². The maximum absolute atomic E-state index is 12.0. The van der Waals surface area contributed by atoms with E-state index in [0.717, 1.165) is 30.8 Å². The predicted molar refractivity (Wildman–Crippen MR) is 72.4 cm³/mol. The molecular weight excluding hydrogens is 212 g/mol. The Balaban J connectivity index is 2.61. The first kappa shape index (κ1) is 13.6. The molecule has 0 bridgehead atoms. The van der Waals surface area contributed by atoms with Gasteiger partial charge in [-0.2, -0.15) is 0 Å². The number of rotatable bonds is 6. The van der Waals surface area contributed by atoms with Crippen molar-refractivity contribution in [3.05, 3.63) is 29.8 Å². The van der Waals surface area contributed by atoms with Gasteiger partial charge in [0.1, 0.15) is 0 Å². The molecule has 0 unspecified atom stereocenters. The third-order valence-electron chi connectivity index (χ3n) is 2.55. The van der Waals surface area contributed by atoms with Crippen LogP contribution in [0.3, 0.4) is 0 Å². The first-order chi connectivity index (χ1) is 8.15. The van der Waals surface area contributed by atoms with Gasteiger partial charge >= 0.3 is 0 Å². The van der Waals surface area contributed by atoms with Gasteiger partial charge in [0, 0.05) is 18.8 Å². The summed E-state index contributed by atoms with van der Waals surface area (Å²) in [6, 6.07) is 7.60. The first-order valence-electron chi connectivity index (χ1n) is 6.26. The second kappa shape index (κ2) is 6.94. The van der Waals surface area contributed by atoms with Gasteiger partial charge in [-0.15, -0.1) is 0 Å². The first-order valence-corrected chi connectivity index (χ1v) is 6.26. The lowest BCUT2D eigenvalue weighted by Crippen LogP contribution is -2.26. The van der Waals surface area contributed by atoms with E-state index in [1.807, 2.05) is 31.2 Å². The zero-order valence-electron chi connectivity index (χ0n) is 10.9. The summed E-state index contributed by atoms with van der Waals surface area (Å²) in [5, 5.41) is 6.15. The molecule has 1 amide bonds. The predicted octanol–water partition coefficient (Wildman–Crippen LogP) is 2.89. The molecule has 2 N–H and O–H groups in total. The van der Waals surface area contributed by atoms with Gasteiger partial charge in [0.2, 0.25) is 0 Å². The lowest BCUT2D eigenvalue weighted by molar-refractivity contribution is 0.0953. The van der Waals surface area contributed by atoms with E-state index in [0.29, 0.717) is 5.92 Å². The molecule has 0 fully saturated rings. The molecule has 0 saturated heterocycles. The number of hydrogen-bond donors (Lipinski definition) is 2. The lowest BCUT2D eigenvalue weighted by atomic mass is 10.1. The van der Waals surface area contributed by atoms with Gasteiger partial charge in [0.25, 0.3) is 5.91 Å². The third kappa shape index (κ3) is 4.47. The molecule has 3 nitrogen and oxygen atoms in total. The summed E-state index contributed by atoms with van der Waals surface area (Å²) in [4.78, 5) is 12.0. The molecule has 0 saturated carbocycles. The monoisotopic (exact) mass is 234 g/mol. The molecule has 1 aromatic carbocycles. The Labute approximate surface area is 104 Å². The number of benzene rings is 1. The van der Waals surface area contributed by atoms with Crippen molar-refractivity contribution < 1.29 is 4.79 Å². The Morgan fingerprint density at radius 2 is 2.00 bits per heavy atom. The molecule has 1 rings (SSSR count). The Morgan fingerprint density at radius 3 is 2.65 bits per heavy atom. The van der Waals surface area contributed by atoms with E-state index >= 15 is 0 Å². The van der Waals surface area contributed by atoms with Gasteiger partial charge in [-0.25, -0.2) is 0 Å². The standard InChI is InChI=1S/C14H22N2O/c1-4-15-13-8-6-5-7-12(13)14(17)16-10-9-11(2)3/h5-8,11,15H,4,9-10H2,1-3H3,(H,16,17). The van der Waals surface area contributed by atoms with Crippen molar-refractivity contribution in [1.29, 1.82) is 0 Å². The van der Waals surface area contributed by atoms with Crippen molar-refractivity contribution in [2.45, 2.75) is 27.2 Å². The fourth-order valence-corrected chi connectivity index (χ4v) is 1.60. The van der Waals surface area contributed by atoms with Crippen LogP contribution in [0.15, 0.2) is 24.3 Å². The van der Waals surface area contributed by atoms with Crippen LogP contribution in [-0.2, 0) is 0 Å². The molecule has 0 aliphatic rings. The van der Waals surface area contributed by atoms with Gasteiger partial charge < -0.3 is 10.6 Å². The molecule has 94 valence electrons. The second-order valence-electron chi connectivity index (χ2n) is 4.51. The van der Waals surface area contributed by atoms with Crippen LogP contribution in [0.4, 0.5) is 5.69 Å². The highest BCUT2D eigenvalue weighted by Gasteiger charge is 2.09. The molecule has 0 aromatic heterocycles. The van der Waals surface area contributed by atoms with E-state index in [4.69, 9.17) is 0 Å². The minimum atomic E-state index is 0.00204. The lowest BCUT2D eigenvalue weighted by Gasteiger charge is -2.11. The molecule has 0 aliphatic heterocycles. The smallest absolute Gasteiger partial charge is 0.253 e. The highest BCUT2D eigenvalue weighted by Crippen LogP contribution is 2.14. The molecule has 0 atom stereocenters. The summed E-state index contributed by atoms with van der Waals surface area (Å²) in [7, 11) is 0. The van der Waals surface area contributed by atoms with E-state index in [2.05, 4.69) is 24.5 Å². The van der Waals surface area contributed by atoms with E-state index in [1.165, 1.54) is 0 Å². The largest absolute Gasteiger partial charge is 0.385 e. The van der Waals surface area contributed by atoms with Crippen LogP contribution >= 0.6 is 0 Å². The van der Waals surface area contributed by atoms with Gasteiger partial charge in [-0.05, 0) is 31.4 Å². The van der Waals surface area contributed by atoms with Gasteiger partial charge in [0.15, 0.2) is 0 Å². The second-order valence-corrected chi connectivity index (χ2v) is 4.51. The van der Waals surface area contributed by atoms with Crippen LogP contribution in [-0.4, -0.2) is 19.0 Å². The van der Waals surface area contributed by atoms with Crippen molar-refractivity contribution in [1.82, 2.24) is 5.32 Å². The zero-order chi connectivity index (χ0) is 12.7. The minimum absolute atomic E-state index is 0.00204. The highest BCUT2D eigenvalue weighted by molar-refractivity contribution is 5.99. The average Bonchev–Trinajstić information content (AvgIpc) is 2.29. The summed E-state index contributed by atoms with van der Waals surface area (Å²) < 4.78 is 0. The Kier molecular flexibility index (Phi) is 5.53. The normalized spacial score (nSPS) is 10.4. The Hall–Kier alpha value is -1.51. The SMILES string of the molecule is CCNc1ccccc1C(=O)NCCC(C)C. The third-order valence-corrected chi connectivity index (χ3v) is 2.55. The number of anilines is 1. The minimum Gasteiger partial charge on any atom is -0.385 e. The topological polar surface area (TPSA) is 41.1 Å². The summed E-state index contributed by atoms with van der Waals surface area (Å²) in [5.74, 6) is 0.613. The number of amides is 1. The average molecular weight is 234 g/mol. The maximum atomic E-state index is 12.0. The number of para-hydroxylation sites is 1. The quantitative estimate of drug-likeness (QED) is 0.794. The van der Waals surface area contributed by atoms with E-state index in [-0.39, 0.29) is 5.91 Å². The molecule has 17 heavy (non-hydrogen) atoms. The number of hydrogen-bond acceptors (Lipinski definition) is 2. The maximum Gasteiger partial charge on any atom is 0.253 e. The van der Waals surface area contributed by atoms with E-state index < -0.39 is 0 Å². The fourth-order valence-electron chi connectivity index (χ4n) is 1.60. The van der Waals surface area contributed by atoms with Crippen LogP contribution in [0.2, 0.25) is 0 Å². The fraction of sp³-hybridized carbons (Fsp3) is 0.500. The Morgan fingerprint density at radius 1 is 1.29 bits per heavy atom. The van der Waals surface area contributed by atoms with E-state index in [1.54, 1.807) is 0 Å². The van der Waals surface area contributed by atoms with E-state index in [9.17, 15) is 4.79 Å². The van der Waals surface area contributed by atoms with Crippen molar-refractivity contribution in [2.75, 3.05) is 18.4 Å². The highest BCUT2D eigenvalue weighted by atomic mass is 16.1. The number of carbonyl (C=O) groups is 1. The molecule has 0 radical (unpaired) electrons. The molecule has 0 spiro atoms. The summed E-state index contributed by atoms with van der Waals surface area (Å²) in [5.41, 5.74) is 1.62. The van der Waals surface area contributed by atoms with Crippen LogP contribution in [0.1, 0.15) is 37.6 Å². The van der Waals surface area contributed by atoms with Crippen LogP contribution in [0.5, 0.6) is 0 Å². The van der Waals surface area contributed by atoms with Crippen molar-refractivity contribution in [2.24, 2.45) is 5.92 Å².